The standard InChI is InChI=1S/C19H31N3O2/c1-5-21(14-17-9-7-6-8-16(17)2)18(23)20-15-19(3,4)22-10-12-24-13-11-22/h6-9H,5,10-15H2,1-4H3,(H,20,23). The van der Waals surface area contributed by atoms with Crippen molar-refractivity contribution in [3.8, 4) is 0 Å². The summed E-state index contributed by atoms with van der Waals surface area (Å²) < 4.78 is 5.42. The normalized spacial score (nSPS) is 16.0. The van der Waals surface area contributed by atoms with Gasteiger partial charge < -0.3 is 15.0 Å². The van der Waals surface area contributed by atoms with Crippen LogP contribution in [0, 0.1) is 6.92 Å². The van der Waals surface area contributed by atoms with Gasteiger partial charge in [-0.2, -0.15) is 0 Å². The van der Waals surface area contributed by atoms with Crippen LogP contribution in [-0.4, -0.2) is 60.8 Å². The van der Waals surface area contributed by atoms with Crippen molar-refractivity contribution in [3.05, 3.63) is 35.4 Å². The van der Waals surface area contributed by atoms with E-state index in [-0.39, 0.29) is 11.6 Å². The highest BCUT2D eigenvalue weighted by Crippen LogP contribution is 2.16. The van der Waals surface area contributed by atoms with E-state index >= 15 is 0 Å². The molecule has 0 saturated carbocycles. The van der Waals surface area contributed by atoms with Crippen molar-refractivity contribution in [1.82, 2.24) is 15.1 Å². The maximum Gasteiger partial charge on any atom is 0.317 e. The highest BCUT2D eigenvalue weighted by atomic mass is 16.5. The van der Waals surface area contributed by atoms with E-state index in [1.54, 1.807) is 0 Å². The fraction of sp³-hybridized carbons (Fsp3) is 0.632. The lowest BCUT2D eigenvalue weighted by Crippen LogP contribution is -2.56. The van der Waals surface area contributed by atoms with Crippen molar-refractivity contribution >= 4 is 6.03 Å². The fourth-order valence-corrected chi connectivity index (χ4v) is 3.00. The van der Waals surface area contributed by atoms with Crippen molar-refractivity contribution in [3.63, 3.8) is 0 Å². The molecule has 134 valence electrons. The molecular weight excluding hydrogens is 302 g/mol. The van der Waals surface area contributed by atoms with Gasteiger partial charge in [0.1, 0.15) is 0 Å². The molecule has 1 aliphatic rings. The number of nitrogens with zero attached hydrogens (tertiary/aromatic N) is 2. The molecule has 1 aromatic rings. The molecule has 0 atom stereocenters. The van der Waals surface area contributed by atoms with Crippen LogP contribution in [0.3, 0.4) is 0 Å². The first kappa shape index (κ1) is 18.7. The van der Waals surface area contributed by atoms with Gasteiger partial charge in [-0.05, 0) is 38.8 Å². The van der Waals surface area contributed by atoms with E-state index in [9.17, 15) is 4.79 Å². The molecule has 0 radical (unpaired) electrons. The van der Waals surface area contributed by atoms with Gasteiger partial charge in [-0.1, -0.05) is 24.3 Å². The molecule has 0 aromatic heterocycles. The second-order valence-electron chi connectivity index (χ2n) is 7.01. The molecule has 24 heavy (non-hydrogen) atoms. The average molecular weight is 333 g/mol. The van der Waals surface area contributed by atoms with E-state index in [2.05, 4.69) is 43.1 Å². The van der Waals surface area contributed by atoms with E-state index in [0.717, 1.165) is 26.3 Å². The molecule has 1 N–H and O–H groups in total. The van der Waals surface area contributed by atoms with Gasteiger partial charge in [-0.3, -0.25) is 4.90 Å². The summed E-state index contributed by atoms with van der Waals surface area (Å²) in [6.45, 7) is 13.8. The lowest BCUT2D eigenvalue weighted by Gasteiger charge is -2.41. The summed E-state index contributed by atoms with van der Waals surface area (Å²) in [5, 5.41) is 3.12. The summed E-state index contributed by atoms with van der Waals surface area (Å²) in [7, 11) is 0. The quantitative estimate of drug-likeness (QED) is 0.870. The van der Waals surface area contributed by atoms with Crippen LogP contribution in [0.5, 0.6) is 0 Å². The van der Waals surface area contributed by atoms with Gasteiger partial charge in [-0.15, -0.1) is 0 Å². The summed E-state index contributed by atoms with van der Waals surface area (Å²) in [6, 6.07) is 8.23. The minimum absolute atomic E-state index is 0.00193. The topological polar surface area (TPSA) is 44.8 Å². The van der Waals surface area contributed by atoms with E-state index < -0.39 is 0 Å². The lowest BCUT2D eigenvalue weighted by molar-refractivity contribution is -0.00905. The smallest absolute Gasteiger partial charge is 0.317 e. The fourth-order valence-electron chi connectivity index (χ4n) is 3.00. The number of hydrogen-bond donors (Lipinski definition) is 1. The maximum absolute atomic E-state index is 12.6. The molecule has 1 saturated heterocycles. The van der Waals surface area contributed by atoms with Crippen LogP contribution in [0.25, 0.3) is 0 Å². The Morgan fingerprint density at radius 2 is 1.96 bits per heavy atom. The number of urea groups is 1. The Bertz CT molecular complexity index is 539. The molecule has 2 amide bonds. The minimum atomic E-state index is -0.0679. The molecule has 0 spiro atoms. The van der Waals surface area contributed by atoms with Gasteiger partial charge in [0.05, 0.1) is 13.2 Å². The third-order valence-corrected chi connectivity index (χ3v) is 4.83. The molecule has 0 unspecified atom stereocenters. The number of aryl methyl sites for hydroxylation is 1. The van der Waals surface area contributed by atoms with Gasteiger partial charge in [0.25, 0.3) is 0 Å². The number of hydrogen-bond acceptors (Lipinski definition) is 3. The Hall–Kier alpha value is -1.59. The Balaban J connectivity index is 1.90. The highest BCUT2D eigenvalue weighted by molar-refractivity contribution is 5.74. The van der Waals surface area contributed by atoms with Gasteiger partial charge in [0.15, 0.2) is 0 Å². The SMILES string of the molecule is CCN(Cc1ccccc1C)C(=O)NCC(C)(C)N1CCOCC1. The first-order valence-electron chi connectivity index (χ1n) is 8.84. The maximum atomic E-state index is 12.6. The highest BCUT2D eigenvalue weighted by Gasteiger charge is 2.29. The molecule has 1 heterocycles. The van der Waals surface area contributed by atoms with Crippen molar-refractivity contribution in [2.24, 2.45) is 0 Å². The molecule has 1 aromatic carbocycles. The second-order valence-corrected chi connectivity index (χ2v) is 7.01. The van der Waals surface area contributed by atoms with Crippen molar-refractivity contribution in [2.45, 2.75) is 39.8 Å². The van der Waals surface area contributed by atoms with Crippen LogP contribution in [0.2, 0.25) is 0 Å². The Morgan fingerprint density at radius 1 is 1.29 bits per heavy atom. The van der Waals surface area contributed by atoms with Crippen LogP contribution >= 0.6 is 0 Å². The van der Waals surface area contributed by atoms with E-state index in [0.29, 0.717) is 19.6 Å². The Morgan fingerprint density at radius 3 is 2.58 bits per heavy atom. The number of ether oxygens (including phenoxy) is 1. The number of carbonyl (C=O) groups excluding carboxylic acids is 1. The molecule has 0 bridgehead atoms. The van der Waals surface area contributed by atoms with Gasteiger partial charge in [-0.25, -0.2) is 4.79 Å². The third kappa shape index (κ3) is 4.95. The predicted molar refractivity (Wildman–Crippen MR) is 97.1 cm³/mol. The summed E-state index contributed by atoms with van der Waals surface area (Å²) >= 11 is 0. The first-order valence-corrected chi connectivity index (χ1v) is 8.84. The van der Waals surface area contributed by atoms with E-state index in [4.69, 9.17) is 4.74 Å². The first-order chi connectivity index (χ1) is 11.4. The van der Waals surface area contributed by atoms with Crippen LogP contribution in [0.15, 0.2) is 24.3 Å². The molecule has 5 heteroatoms. The van der Waals surface area contributed by atoms with Crippen molar-refractivity contribution in [1.29, 1.82) is 0 Å². The molecule has 2 rings (SSSR count). The summed E-state index contributed by atoms with van der Waals surface area (Å²) in [4.78, 5) is 16.8. The molecule has 5 nitrogen and oxygen atoms in total. The summed E-state index contributed by atoms with van der Waals surface area (Å²) in [5.41, 5.74) is 2.35. The van der Waals surface area contributed by atoms with E-state index in [1.165, 1.54) is 11.1 Å². The number of carbonyl (C=O) groups is 1. The van der Waals surface area contributed by atoms with Crippen LogP contribution in [0.4, 0.5) is 4.79 Å². The van der Waals surface area contributed by atoms with Gasteiger partial charge >= 0.3 is 6.03 Å². The van der Waals surface area contributed by atoms with Crippen LogP contribution < -0.4 is 5.32 Å². The number of morpholine rings is 1. The largest absolute Gasteiger partial charge is 0.379 e. The zero-order chi connectivity index (χ0) is 17.6. The van der Waals surface area contributed by atoms with Gasteiger partial charge in [0.2, 0.25) is 0 Å². The van der Waals surface area contributed by atoms with Crippen LogP contribution in [-0.2, 0) is 11.3 Å². The Kier molecular flexibility index (Phi) is 6.63. The van der Waals surface area contributed by atoms with Crippen molar-refractivity contribution in [2.75, 3.05) is 39.4 Å². The van der Waals surface area contributed by atoms with Crippen molar-refractivity contribution < 1.29 is 9.53 Å². The monoisotopic (exact) mass is 333 g/mol. The van der Waals surface area contributed by atoms with Gasteiger partial charge in [0, 0.05) is 38.3 Å². The average Bonchev–Trinajstić information content (AvgIpc) is 2.60. The number of nitrogens with one attached hydrogen (secondary N) is 1. The number of rotatable bonds is 6. The van der Waals surface area contributed by atoms with Crippen LogP contribution in [0.1, 0.15) is 31.9 Å². The number of benzene rings is 1. The lowest BCUT2D eigenvalue weighted by atomic mass is 10.0. The number of amides is 2. The third-order valence-electron chi connectivity index (χ3n) is 4.83. The second kappa shape index (κ2) is 8.49. The summed E-state index contributed by atoms with van der Waals surface area (Å²) in [5.74, 6) is 0. The molecular formula is C19H31N3O2. The molecule has 0 aliphatic carbocycles. The predicted octanol–water partition coefficient (Wildman–Crippen LogP) is 2.64. The Labute approximate surface area is 146 Å². The zero-order valence-electron chi connectivity index (χ0n) is 15.5. The summed E-state index contributed by atoms with van der Waals surface area (Å²) in [6.07, 6.45) is 0. The molecule has 1 aliphatic heterocycles. The van der Waals surface area contributed by atoms with E-state index in [1.807, 2.05) is 24.0 Å². The zero-order valence-corrected chi connectivity index (χ0v) is 15.5. The molecule has 1 fully saturated rings. The minimum Gasteiger partial charge on any atom is -0.379 e.